The molecule has 8 heteroatoms. The zero-order valence-corrected chi connectivity index (χ0v) is 14.2. The lowest BCUT2D eigenvalue weighted by molar-refractivity contribution is -0.199. The molecule has 0 aromatic carbocycles. The second-order valence-electron chi connectivity index (χ2n) is 6.64. The molecule has 2 aliphatic heterocycles. The molecule has 0 radical (unpaired) electrons. The Balaban J connectivity index is 1.92. The minimum absolute atomic E-state index is 0.0599. The molecule has 23 heavy (non-hydrogen) atoms. The van der Waals surface area contributed by atoms with Crippen molar-refractivity contribution in [3.63, 3.8) is 0 Å². The molecule has 1 spiro atoms. The fraction of sp³-hybridized carbons (Fsp3) is 0.933. The highest BCUT2D eigenvalue weighted by Crippen LogP contribution is 2.55. The molecule has 1 amide bonds. The van der Waals surface area contributed by atoms with Crippen molar-refractivity contribution in [2.45, 2.75) is 56.5 Å². The van der Waals surface area contributed by atoms with Crippen LogP contribution >= 0.6 is 0 Å². The van der Waals surface area contributed by atoms with Crippen LogP contribution in [0.15, 0.2) is 0 Å². The maximum atomic E-state index is 12.2. The SMILES string of the molecule is COCO[C@@H]1[C@H]2OC(C)(C)N(C(C)=O)[C@H]2[C@@]2(CO2)[C@H]1OCOC. The smallest absolute Gasteiger partial charge is 0.222 e. The first-order chi connectivity index (χ1) is 10.9. The fourth-order valence-electron chi connectivity index (χ4n) is 4.00. The minimum atomic E-state index is -0.721. The minimum Gasteiger partial charge on any atom is -0.364 e. The number of carbonyl (C=O) groups excluding carboxylic acids is 1. The van der Waals surface area contributed by atoms with Gasteiger partial charge >= 0.3 is 0 Å². The third-order valence-corrected chi connectivity index (χ3v) is 4.76. The molecular formula is C15H25NO7. The number of fused-ring (bicyclic) bond motifs is 2. The topological polar surface area (TPSA) is 79.0 Å². The summed E-state index contributed by atoms with van der Waals surface area (Å²) in [4.78, 5) is 14.0. The molecule has 132 valence electrons. The molecule has 3 fully saturated rings. The first-order valence-electron chi connectivity index (χ1n) is 7.72. The van der Waals surface area contributed by atoms with Gasteiger partial charge in [-0.15, -0.1) is 0 Å². The molecule has 5 atom stereocenters. The van der Waals surface area contributed by atoms with Gasteiger partial charge in [0, 0.05) is 21.1 Å². The van der Waals surface area contributed by atoms with Gasteiger partial charge in [-0.2, -0.15) is 0 Å². The number of ether oxygens (including phenoxy) is 6. The highest BCUT2D eigenvalue weighted by atomic mass is 16.7. The van der Waals surface area contributed by atoms with Crippen molar-refractivity contribution in [3.8, 4) is 0 Å². The van der Waals surface area contributed by atoms with Gasteiger partial charge in [0.2, 0.25) is 5.91 Å². The van der Waals surface area contributed by atoms with Crippen molar-refractivity contribution in [3.05, 3.63) is 0 Å². The van der Waals surface area contributed by atoms with Gasteiger partial charge in [-0.3, -0.25) is 4.79 Å². The van der Waals surface area contributed by atoms with E-state index in [0.717, 1.165) is 0 Å². The number of carbonyl (C=O) groups is 1. The molecular weight excluding hydrogens is 306 g/mol. The number of amides is 1. The highest BCUT2D eigenvalue weighted by molar-refractivity contribution is 5.75. The molecule has 0 bridgehead atoms. The predicted octanol–water partition coefficient (Wildman–Crippen LogP) is 0.0992. The van der Waals surface area contributed by atoms with E-state index in [1.807, 2.05) is 13.8 Å². The number of epoxide rings is 1. The van der Waals surface area contributed by atoms with Gasteiger partial charge in [0.15, 0.2) is 0 Å². The lowest BCUT2D eigenvalue weighted by Gasteiger charge is -2.36. The third-order valence-electron chi connectivity index (χ3n) is 4.76. The van der Waals surface area contributed by atoms with Crippen LogP contribution in [0.25, 0.3) is 0 Å². The van der Waals surface area contributed by atoms with Crippen molar-refractivity contribution in [1.29, 1.82) is 0 Å². The quantitative estimate of drug-likeness (QED) is 0.504. The molecule has 0 aromatic heterocycles. The Morgan fingerprint density at radius 1 is 1.22 bits per heavy atom. The van der Waals surface area contributed by atoms with Gasteiger partial charge in [0.25, 0.3) is 0 Å². The first kappa shape index (κ1) is 17.1. The van der Waals surface area contributed by atoms with E-state index < -0.39 is 17.4 Å². The highest BCUT2D eigenvalue weighted by Gasteiger charge is 2.76. The monoisotopic (exact) mass is 331 g/mol. The van der Waals surface area contributed by atoms with Gasteiger partial charge in [0.05, 0.1) is 12.6 Å². The van der Waals surface area contributed by atoms with Crippen LogP contribution in [-0.4, -0.2) is 80.9 Å². The maximum absolute atomic E-state index is 12.2. The number of hydrogen-bond donors (Lipinski definition) is 0. The standard InChI is InChI=1S/C15H25NO7/c1-9(17)16-12-10(23-14(16,2)3)11(20-7-18-4)13(21-8-19-5)15(12)6-22-15/h10-13H,6-8H2,1-5H3/t10-,11-,12-,13+,15+/m1/s1. The van der Waals surface area contributed by atoms with Crippen LogP contribution in [0.2, 0.25) is 0 Å². The molecule has 3 rings (SSSR count). The summed E-state index contributed by atoms with van der Waals surface area (Å²) in [5.74, 6) is -0.0599. The molecule has 2 saturated heterocycles. The van der Waals surface area contributed by atoms with Crippen LogP contribution in [-0.2, 0) is 33.2 Å². The summed E-state index contributed by atoms with van der Waals surface area (Å²) in [6.07, 6.45) is -1.12. The summed E-state index contributed by atoms with van der Waals surface area (Å²) in [7, 11) is 3.12. The molecule has 1 saturated carbocycles. The molecule has 0 aromatic rings. The van der Waals surface area contributed by atoms with E-state index in [2.05, 4.69) is 0 Å². The summed E-state index contributed by atoms with van der Waals surface area (Å²) in [5.41, 5.74) is -1.33. The number of nitrogens with zero attached hydrogens (tertiary/aromatic N) is 1. The van der Waals surface area contributed by atoms with Crippen LogP contribution in [0.3, 0.4) is 0 Å². The Morgan fingerprint density at radius 3 is 2.35 bits per heavy atom. The van der Waals surface area contributed by atoms with Gasteiger partial charge in [-0.1, -0.05) is 0 Å². The van der Waals surface area contributed by atoms with Crippen LogP contribution in [0.5, 0.6) is 0 Å². The summed E-state index contributed by atoms with van der Waals surface area (Å²) in [6.45, 7) is 6.02. The zero-order chi connectivity index (χ0) is 16.8. The fourth-order valence-corrected chi connectivity index (χ4v) is 4.00. The van der Waals surface area contributed by atoms with Crippen LogP contribution in [0.4, 0.5) is 0 Å². The molecule has 0 N–H and O–H groups in total. The summed E-state index contributed by atoms with van der Waals surface area (Å²) < 4.78 is 33.7. The second kappa shape index (κ2) is 5.94. The van der Waals surface area contributed by atoms with Gasteiger partial charge in [-0.25, -0.2) is 0 Å². The zero-order valence-electron chi connectivity index (χ0n) is 14.2. The lowest BCUT2D eigenvalue weighted by atomic mass is 10.00. The Hall–Kier alpha value is -0.770. The first-order valence-corrected chi connectivity index (χ1v) is 7.72. The molecule has 1 aliphatic carbocycles. The summed E-state index contributed by atoms with van der Waals surface area (Å²) in [6, 6.07) is -0.251. The maximum Gasteiger partial charge on any atom is 0.222 e. The van der Waals surface area contributed by atoms with E-state index in [9.17, 15) is 4.79 Å². The van der Waals surface area contributed by atoms with Crippen LogP contribution in [0.1, 0.15) is 20.8 Å². The van der Waals surface area contributed by atoms with Crippen molar-refractivity contribution < 1.29 is 33.2 Å². The molecule has 0 unspecified atom stereocenters. The van der Waals surface area contributed by atoms with Gasteiger partial charge in [0.1, 0.15) is 43.2 Å². The second-order valence-corrected chi connectivity index (χ2v) is 6.64. The van der Waals surface area contributed by atoms with E-state index in [1.54, 1.807) is 19.1 Å². The average molecular weight is 331 g/mol. The van der Waals surface area contributed by atoms with E-state index in [-0.39, 0.29) is 37.7 Å². The number of methoxy groups -OCH3 is 2. The van der Waals surface area contributed by atoms with E-state index in [4.69, 9.17) is 28.4 Å². The average Bonchev–Trinajstić information content (AvgIpc) is 3.16. The van der Waals surface area contributed by atoms with Crippen LogP contribution < -0.4 is 0 Å². The Kier molecular flexibility index (Phi) is 4.41. The Labute approximate surface area is 135 Å². The van der Waals surface area contributed by atoms with Crippen LogP contribution in [0, 0.1) is 0 Å². The van der Waals surface area contributed by atoms with E-state index >= 15 is 0 Å². The Bertz CT molecular complexity index is 465. The number of hydrogen-bond acceptors (Lipinski definition) is 7. The van der Waals surface area contributed by atoms with Gasteiger partial charge in [-0.05, 0) is 13.8 Å². The Morgan fingerprint density at radius 2 is 1.83 bits per heavy atom. The molecule has 3 aliphatic rings. The van der Waals surface area contributed by atoms with Crippen molar-refractivity contribution >= 4 is 5.91 Å². The van der Waals surface area contributed by atoms with Gasteiger partial charge < -0.3 is 33.3 Å². The predicted molar refractivity (Wildman–Crippen MR) is 77.4 cm³/mol. The van der Waals surface area contributed by atoms with Crippen molar-refractivity contribution in [2.75, 3.05) is 34.4 Å². The van der Waals surface area contributed by atoms with E-state index in [1.165, 1.54) is 6.92 Å². The largest absolute Gasteiger partial charge is 0.364 e. The van der Waals surface area contributed by atoms with Crippen molar-refractivity contribution in [2.24, 2.45) is 0 Å². The molecule has 2 heterocycles. The third kappa shape index (κ3) is 2.57. The normalized spacial score (nSPS) is 40.7. The summed E-state index contributed by atoms with van der Waals surface area (Å²) >= 11 is 0. The van der Waals surface area contributed by atoms with E-state index in [0.29, 0.717) is 6.61 Å². The van der Waals surface area contributed by atoms with Crippen molar-refractivity contribution in [1.82, 2.24) is 4.90 Å². The number of rotatable bonds is 6. The molecule has 8 nitrogen and oxygen atoms in total. The lowest BCUT2D eigenvalue weighted by Crippen LogP contribution is -2.54. The summed E-state index contributed by atoms with van der Waals surface area (Å²) in [5, 5.41) is 0.